The first kappa shape index (κ1) is 20.6. The summed E-state index contributed by atoms with van der Waals surface area (Å²) >= 11 is 0. The zero-order valence-corrected chi connectivity index (χ0v) is 17.5. The van der Waals surface area contributed by atoms with Crippen molar-refractivity contribution < 1.29 is 14.1 Å². The highest BCUT2D eigenvalue weighted by molar-refractivity contribution is 6.02. The van der Waals surface area contributed by atoms with Gasteiger partial charge in [0.2, 0.25) is 0 Å². The third-order valence-electron chi connectivity index (χ3n) is 5.38. The summed E-state index contributed by atoms with van der Waals surface area (Å²) in [5, 5.41) is 23.9. The smallest absolute Gasteiger partial charge is 0.257 e. The Kier molecular flexibility index (Phi) is 6.00. The number of hydrogen-bond acceptors (Lipinski definition) is 7. The lowest BCUT2D eigenvalue weighted by atomic mass is 10.1. The molecule has 0 aliphatic carbocycles. The van der Waals surface area contributed by atoms with Crippen LogP contribution in [0.4, 0.5) is 5.82 Å². The monoisotopic (exact) mass is 420 g/mol. The fourth-order valence-corrected chi connectivity index (χ4v) is 3.63. The number of aryl methyl sites for hydroxylation is 2. The molecule has 1 fully saturated rings. The quantitative estimate of drug-likeness (QED) is 0.629. The maximum absolute atomic E-state index is 13.0. The molecule has 1 aliphatic heterocycles. The van der Waals surface area contributed by atoms with E-state index in [-0.39, 0.29) is 11.9 Å². The summed E-state index contributed by atoms with van der Waals surface area (Å²) in [7, 11) is 1.82. The summed E-state index contributed by atoms with van der Waals surface area (Å²) in [5.41, 5.74) is 3.19. The number of aromatic nitrogens is 3. The van der Waals surface area contributed by atoms with E-state index in [1.807, 2.05) is 19.2 Å². The number of amides is 1. The predicted molar refractivity (Wildman–Crippen MR) is 113 cm³/mol. The molecular weight excluding hydrogens is 396 g/mol. The summed E-state index contributed by atoms with van der Waals surface area (Å²) in [4.78, 5) is 13.0. The van der Waals surface area contributed by atoms with Crippen LogP contribution in [-0.2, 0) is 18.3 Å². The van der Waals surface area contributed by atoms with Gasteiger partial charge in [-0.1, -0.05) is 17.3 Å². The van der Waals surface area contributed by atoms with Crippen molar-refractivity contribution in [3.8, 4) is 17.3 Å². The van der Waals surface area contributed by atoms with E-state index in [4.69, 9.17) is 14.5 Å². The van der Waals surface area contributed by atoms with Crippen molar-refractivity contribution in [1.82, 2.24) is 20.3 Å². The number of nitrogens with zero attached hydrogens (tertiary/aromatic N) is 4. The molecule has 1 aromatic carbocycles. The third kappa shape index (κ3) is 4.44. The van der Waals surface area contributed by atoms with Gasteiger partial charge in [0.25, 0.3) is 5.91 Å². The van der Waals surface area contributed by atoms with Crippen LogP contribution in [0.25, 0.3) is 11.3 Å². The van der Waals surface area contributed by atoms with Crippen LogP contribution in [0.3, 0.4) is 0 Å². The molecule has 0 unspecified atom stereocenters. The van der Waals surface area contributed by atoms with E-state index in [0.717, 1.165) is 24.2 Å². The first-order valence-electron chi connectivity index (χ1n) is 10.2. The van der Waals surface area contributed by atoms with Crippen molar-refractivity contribution in [2.75, 3.05) is 18.5 Å². The van der Waals surface area contributed by atoms with E-state index in [9.17, 15) is 4.79 Å². The Balaban J connectivity index is 1.56. The van der Waals surface area contributed by atoms with Crippen LogP contribution in [0.15, 0.2) is 35.0 Å². The summed E-state index contributed by atoms with van der Waals surface area (Å²) < 4.78 is 12.4. The minimum Gasteiger partial charge on any atom is -0.381 e. The minimum absolute atomic E-state index is 0.0753. The number of carbonyl (C=O) groups excluding carboxylic acids is 1. The van der Waals surface area contributed by atoms with Gasteiger partial charge >= 0.3 is 0 Å². The number of nitriles is 1. The average molecular weight is 420 g/mol. The third-order valence-corrected chi connectivity index (χ3v) is 5.38. The molecule has 3 heterocycles. The Morgan fingerprint density at radius 1 is 1.29 bits per heavy atom. The van der Waals surface area contributed by atoms with Crippen molar-refractivity contribution in [1.29, 1.82) is 5.26 Å². The minimum atomic E-state index is -0.206. The van der Waals surface area contributed by atoms with Crippen LogP contribution in [0.2, 0.25) is 0 Å². The van der Waals surface area contributed by atoms with Gasteiger partial charge in [0.05, 0.1) is 23.4 Å². The zero-order chi connectivity index (χ0) is 21.8. The molecule has 0 radical (unpaired) electrons. The van der Waals surface area contributed by atoms with Crippen molar-refractivity contribution >= 4 is 11.7 Å². The van der Waals surface area contributed by atoms with E-state index in [1.165, 1.54) is 0 Å². The number of rotatable bonds is 6. The lowest BCUT2D eigenvalue weighted by molar-refractivity contribution is 0.0696. The Bertz CT molecular complexity index is 1100. The van der Waals surface area contributed by atoms with E-state index in [0.29, 0.717) is 47.9 Å². The van der Waals surface area contributed by atoms with Gasteiger partial charge in [-0.15, -0.1) is 0 Å². The molecule has 9 nitrogen and oxygen atoms in total. The molecule has 3 aromatic rings. The second-order valence-electron chi connectivity index (χ2n) is 7.52. The van der Waals surface area contributed by atoms with Gasteiger partial charge in [-0.05, 0) is 37.5 Å². The first-order chi connectivity index (χ1) is 15.1. The second-order valence-corrected chi connectivity index (χ2v) is 7.52. The Labute approximate surface area is 180 Å². The molecule has 4 rings (SSSR count). The molecule has 2 N–H and O–H groups in total. The molecular formula is C22H24N6O3. The molecule has 1 saturated heterocycles. The van der Waals surface area contributed by atoms with Crippen LogP contribution in [0.1, 0.15) is 40.1 Å². The molecule has 0 bridgehead atoms. The highest BCUT2D eigenvalue weighted by Crippen LogP contribution is 2.31. The highest BCUT2D eigenvalue weighted by Gasteiger charge is 2.27. The lowest BCUT2D eigenvalue weighted by Gasteiger charge is -2.23. The molecule has 160 valence electrons. The average Bonchev–Trinajstić information content (AvgIpc) is 3.35. The zero-order valence-electron chi connectivity index (χ0n) is 17.5. The van der Waals surface area contributed by atoms with E-state index in [1.54, 1.807) is 29.9 Å². The van der Waals surface area contributed by atoms with Gasteiger partial charge in [0, 0.05) is 32.8 Å². The maximum Gasteiger partial charge on any atom is 0.257 e. The Hall–Kier alpha value is -3.64. The second kappa shape index (κ2) is 9.02. The van der Waals surface area contributed by atoms with Crippen molar-refractivity contribution in [3.63, 3.8) is 0 Å². The van der Waals surface area contributed by atoms with Crippen LogP contribution in [0.5, 0.6) is 0 Å². The largest absolute Gasteiger partial charge is 0.381 e. The SMILES string of the molecule is Cc1onc(-c2cnn(C)c2NCc2ccc(C#N)cc2)c1C(=O)NC1CCOCC1. The fraction of sp³-hybridized carbons (Fsp3) is 0.364. The lowest BCUT2D eigenvalue weighted by Crippen LogP contribution is -2.39. The van der Waals surface area contributed by atoms with Gasteiger partial charge in [-0.3, -0.25) is 9.48 Å². The number of anilines is 1. The normalized spacial score (nSPS) is 14.2. The Morgan fingerprint density at radius 2 is 2.03 bits per heavy atom. The summed E-state index contributed by atoms with van der Waals surface area (Å²) in [5.74, 6) is 0.974. The first-order valence-corrected chi connectivity index (χ1v) is 10.2. The van der Waals surface area contributed by atoms with Crippen LogP contribution < -0.4 is 10.6 Å². The standard InChI is InChI=1S/C22H24N6O3/c1-14-19(22(29)26-17-7-9-30-10-8-17)20(27-31-14)18-13-25-28(2)21(18)24-12-16-5-3-15(11-23)4-6-16/h3-6,13,17,24H,7-10,12H2,1-2H3,(H,26,29). The van der Waals surface area contributed by atoms with E-state index < -0.39 is 0 Å². The van der Waals surface area contributed by atoms with Gasteiger partial charge in [0.1, 0.15) is 22.8 Å². The van der Waals surface area contributed by atoms with Gasteiger partial charge < -0.3 is 19.9 Å². The highest BCUT2D eigenvalue weighted by atomic mass is 16.5. The number of carbonyl (C=O) groups is 1. The maximum atomic E-state index is 13.0. The van der Waals surface area contributed by atoms with Crippen molar-refractivity contribution in [2.45, 2.75) is 32.4 Å². The molecule has 2 aromatic heterocycles. The van der Waals surface area contributed by atoms with Crippen molar-refractivity contribution in [2.24, 2.45) is 7.05 Å². The van der Waals surface area contributed by atoms with Crippen LogP contribution in [0, 0.1) is 18.3 Å². The number of hydrogen-bond donors (Lipinski definition) is 2. The summed E-state index contributed by atoms with van der Waals surface area (Å²) in [6, 6.07) is 9.54. The molecule has 9 heteroatoms. The van der Waals surface area contributed by atoms with Crippen molar-refractivity contribution in [3.05, 3.63) is 52.9 Å². The van der Waals surface area contributed by atoms with E-state index in [2.05, 4.69) is 27.0 Å². The molecule has 1 amide bonds. The molecule has 0 saturated carbocycles. The molecule has 0 spiro atoms. The number of nitrogens with one attached hydrogen (secondary N) is 2. The number of benzene rings is 1. The van der Waals surface area contributed by atoms with E-state index >= 15 is 0 Å². The van der Waals surface area contributed by atoms with Crippen LogP contribution in [-0.4, -0.2) is 40.1 Å². The molecule has 31 heavy (non-hydrogen) atoms. The molecule has 1 aliphatic rings. The predicted octanol–water partition coefficient (Wildman–Crippen LogP) is 2.78. The fourth-order valence-electron chi connectivity index (χ4n) is 3.63. The van der Waals surface area contributed by atoms with Crippen LogP contribution >= 0.6 is 0 Å². The van der Waals surface area contributed by atoms with Gasteiger partial charge in [0.15, 0.2) is 0 Å². The Morgan fingerprint density at radius 3 is 2.74 bits per heavy atom. The van der Waals surface area contributed by atoms with Gasteiger partial charge in [-0.2, -0.15) is 10.4 Å². The summed E-state index contributed by atoms with van der Waals surface area (Å²) in [6.45, 7) is 3.55. The molecule has 0 atom stereocenters. The number of ether oxygens (including phenoxy) is 1. The van der Waals surface area contributed by atoms with Gasteiger partial charge in [-0.25, -0.2) is 0 Å². The summed E-state index contributed by atoms with van der Waals surface area (Å²) in [6.07, 6.45) is 3.25. The topological polar surface area (TPSA) is 118 Å².